The highest BCUT2D eigenvalue weighted by molar-refractivity contribution is 8.39. The van der Waals surface area contributed by atoms with Crippen LogP contribution in [0.2, 0.25) is 0 Å². The maximum absolute atomic E-state index is 11.1. The van der Waals surface area contributed by atoms with E-state index in [0.717, 1.165) is 5.56 Å². The van der Waals surface area contributed by atoms with Crippen molar-refractivity contribution in [3.63, 3.8) is 0 Å². The molecule has 0 saturated carbocycles. The lowest BCUT2D eigenvalue weighted by Gasteiger charge is -2.40. The van der Waals surface area contributed by atoms with Crippen LogP contribution in [-0.4, -0.2) is 9.11 Å². The zero-order valence-corrected chi connectivity index (χ0v) is 16.4. The molecule has 0 radical (unpaired) electrons. The first-order chi connectivity index (χ1) is 13.4. The Morgan fingerprint density at radius 2 is 1.32 bits per heavy atom. The van der Waals surface area contributed by atoms with Crippen molar-refractivity contribution in [2.75, 3.05) is 0 Å². The lowest BCUT2D eigenvalue weighted by Crippen LogP contribution is -2.08. The third-order valence-electron chi connectivity index (χ3n) is 4.62. The molecule has 1 heterocycles. The van der Waals surface area contributed by atoms with Gasteiger partial charge in [0.15, 0.2) is 0 Å². The van der Waals surface area contributed by atoms with Gasteiger partial charge in [-0.2, -0.15) is 10.5 Å². The van der Waals surface area contributed by atoms with Crippen molar-refractivity contribution in [2.24, 2.45) is 0 Å². The highest BCUT2D eigenvalue weighted by atomic mass is 32.3. The fourth-order valence-electron chi connectivity index (χ4n) is 3.04. The molecule has 1 aliphatic heterocycles. The van der Waals surface area contributed by atoms with Gasteiger partial charge in [0.05, 0.1) is 9.81 Å². The third kappa shape index (κ3) is 3.65. The first-order valence-electron chi connectivity index (χ1n) is 8.80. The van der Waals surface area contributed by atoms with Gasteiger partial charge in [-0.1, -0.05) is 68.4 Å². The first kappa shape index (κ1) is 19.7. The highest BCUT2D eigenvalue weighted by Gasteiger charge is 2.31. The molecule has 1 aliphatic rings. The van der Waals surface area contributed by atoms with E-state index in [-0.39, 0.29) is 5.57 Å². The Morgan fingerprint density at radius 1 is 0.821 bits per heavy atom. The van der Waals surface area contributed by atoms with Crippen molar-refractivity contribution < 1.29 is 9.11 Å². The molecular weight excluding hydrogens is 368 g/mol. The van der Waals surface area contributed by atoms with E-state index in [9.17, 15) is 19.6 Å². The Morgan fingerprint density at radius 3 is 1.79 bits per heavy atom. The predicted molar refractivity (Wildman–Crippen MR) is 114 cm³/mol. The molecule has 0 spiro atoms. The van der Waals surface area contributed by atoms with E-state index in [2.05, 4.69) is 13.8 Å². The summed E-state index contributed by atoms with van der Waals surface area (Å²) >= 11 is 0. The molecule has 3 rings (SSSR count). The molecule has 0 amide bonds. The van der Waals surface area contributed by atoms with Crippen LogP contribution in [0.4, 0.5) is 0 Å². The van der Waals surface area contributed by atoms with Crippen LogP contribution in [0.15, 0.2) is 77.9 Å². The van der Waals surface area contributed by atoms with Gasteiger partial charge in [0, 0.05) is 5.57 Å². The van der Waals surface area contributed by atoms with Crippen LogP contribution in [0.25, 0.3) is 9.81 Å². The van der Waals surface area contributed by atoms with Crippen molar-refractivity contribution >= 4 is 20.4 Å². The molecule has 2 N–H and O–H groups in total. The fraction of sp³-hybridized carbons (Fsp3) is 0.130. The molecule has 0 atom stereocenters. The minimum atomic E-state index is -3.32. The molecule has 4 nitrogen and oxygen atoms in total. The van der Waals surface area contributed by atoms with E-state index in [4.69, 9.17) is 0 Å². The van der Waals surface area contributed by atoms with Gasteiger partial charge in [0.1, 0.15) is 17.7 Å². The van der Waals surface area contributed by atoms with Crippen molar-refractivity contribution in [2.45, 2.75) is 19.8 Å². The number of nitriles is 2. The Balaban J connectivity index is 2.22. The SMILES string of the molecule is CC(C)c1ccc(C2=CC(=C(C#N)C#N)C=C(c3ccccc3)S2(O)O)cc1. The molecule has 28 heavy (non-hydrogen) atoms. The summed E-state index contributed by atoms with van der Waals surface area (Å²) in [5, 5.41) is 18.6. The van der Waals surface area contributed by atoms with Gasteiger partial charge in [-0.05, 0) is 34.8 Å². The minimum absolute atomic E-state index is 0.0698. The molecule has 0 saturated heterocycles. The van der Waals surface area contributed by atoms with Gasteiger partial charge < -0.3 is 0 Å². The van der Waals surface area contributed by atoms with E-state index in [1.807, 2.05) is 42.5 Å². The average molecular weight is 388 g/mol. The number of hydrogen-bond acceptors (Lipinski definition) is 4. The van der Waals surface area contributed by atoms with Crippen LogP contribution < -0.4 is 0 Å². The van der Waals surface area contributed by atoms with Gasteiger partial charge >= 0.3 is 0 Å². The number of nitrogens with zero attached hydrogens (tertiary/aromatic N) is 2. The van der Waals surface area contributed by atoms with E-state index in [1.54, 1.807) is 24.3 Å². The van der Waals surface area contributed by atoms with Gasteiger partial charge in [-0.3, -0.25) is 9.11 Å². The Hall–Kier alpha value is -3.09. The molecule has 2 aromatic carbocycles. The van der Waals surface area contributed by atoms with Gasteiger partial charge in [0.25, 0.3) is 0 Å². The maximum atomic E-state index is 11.1. The van der Waals surface area contributed by atoms with Crippen molar-refractivity contribution in [3.05, 3.63) is 94.6 Å². The molecule has 5 heteroatoms. The van der Waals surface area contributed by atoms with Crippen LogP contribution in [0.1, 0.15) is 36.5 Å². The molecule has 0 fully saturated rings. The summed E-state index contributed by atoms with van der Waals surface area (Å²) in [6.07, 6.45) is 3.06. The van der Waals surface area contributed by atoms with Crippen molar-refractivity contribution in [3.8, 4) is 12.1 Å². The van der Waals surface area contributed by atoms with Crippen molar-refractivity contribution in [1.29, 1.82) is 10.5 Å². The molecule has 0 aromatic heterocycles. The van der Waals surface area contributed by atoms with Crippen LogP contribution in [-0.2, 0) is 0 Å². The second kappa shape index (κ2) is 7.88. The van der Waals surface area contributed by atoms with E-state index >= 15 is 0 Å². The van der Waals surface area contributed by atoms with E-state index in [0.29, 0.717) is 32.4 Å². The monoisotopic (exact) mass is 388 g/mol. The summed E-state index contributed by atoms with van der Waals surface area (Å²) < 4.78 is 22.3. The minimum Gasteiger partial charge on any atom is -0.290 e. The predicted octanol–water partition coefficient (Wildman–Crippen LogP) is 6.30. The molecule has 0 bridgehead atoms. The summed E-state index contributed by atoms with van der Waals surface area (Å²) in [7, 11) is -3.32. The Labute approximate surface area is 166 Å². The summed E-state index contributed by atoms with van der Waals surface area (Å²) in [5.74, 6) is 0.355. The second-order valence-corrected chi connectivity index (χ2v) is 8.74. The molecular formula is C23H20N2O2S. The topological polar surface area (TPSA) is 88.0 Å². The lowest BCUT2D eigenvalue weighted by molar-refractivity contribution is 0.515. The van der Waals surface area contributed by atoms with Crippen LogP contribution in [0.3, 0.4) is 0 Å². The molecule has 0 aliphatic carbocycles. The van der Waals surface area contributed by atoms with Gasteiger partial charge in [0.2, 0.25) is 0 Å². The molecule has 2 aromatic rings. The number of hydrogen-bond donors (Lipinski definition) is 2. The average Bonchev–Trinajstić information content (AvgIpc) is 2.70. The van der Waals surface area contributed by atoms with Crippen LogP contribution >= 0.6 is 10.6 Å². The normalized spacial score (nSPS) is 16.5. The fourth-order valence-corrected chi connectivity index (χ4v) is 4.78. The zero-order valence-electron chi connectivity index (χ0n) is 15.6. The number of rotatable bonds is 3. The largest absolute Gasteiger partial charge is 0.290 e. The van der Waals surface area contributed by atoms with Crippen LogP contribution in [0.5, 0.6) is 0 Å². The summed E-state index contributed by atoms with van der Waals surface area (Å²) in [5.41, 5.74) is 2.73. The number of benzene rings is 2. The van der Waals surface area contributed by atoms with E-state index < -0.39 is 10.6 Å². The third-order valence-corrected chi connectivity index (χ3v) is 6.55. The molecule has 0 unspecified atom stereocenters. The van der Waals surface area contributed by atoms with Crippen molar-refractivity contribution in [1.82, 2.24) is 0 Å². The Bertz CT molecular complexity index is 1050. The maximum Gasteiger partial charge on any atom is 0.137 e. The van der Waals surface area contributed by atoms with E-state index in [1.165, 1.54) is 12.2 Å². The second-order valence-electron chi connectivity index (χ2n) is 6.76. The Kier molecular flexibility index (Phi) is 5.53. The first-order valence-corrected chi connectivity index (χ1v) is 10.3. The zero-order chi connectivity index (χ0) is 20.3. The van der Waals surface area contributed by atoms with Gasteiger partial charge in [-0.15, -0.1) is 10.6 Å². The highest BCUT2D eigenvalue weighted by Crippen LogP contribution is 2.65. The summed E-state index contributed by atoms with van der Waals surface area (Å²) in [4.78, 5) is 0.610. The summed E-state index contributed by atoms with van der Waals surface area (Å²) in [6.45, 7) is 4.18. The number of allylic oxidation sites excluding steroid dienone is 4. The van der Waals surface area contributed by atoms with Crippen LogP contribution in [0, 0.1) is 22.7 Å². The smallest absolute Gasteiger partial charge is 0.137 e. The quantitative estimate of drug-likeness (QED) is 0.604. The molecule has 140 valence electrons. The lowest BCUT2D eigenvalue weighted by atomic mass is 10.0. The summed E-state index contributed by atoms with van der Waals surface area (Å²) in [6, 6.07) is 20.4. The standard InChI is InChI=1S/C23H20N2O2S/c1-16(2)17-8-10-19(11-9-17)23-13-20(21(14-24)15-25)12-22(28(23,26)27)18-6-4-3-5-7-18/h3-13,16,26-27H,1-2H3. The van der Waals surface area contributed by atoms with Gasteiger partial charge in [-0.25, -0.2) is 0 Å².